The molecule has 68 valence electrons. The fraction of sp³-hybridized carbons (Fsp3) is 0.111. The molecule has 4 heteroatoms. The van der Waals surface area contributed by atoms with Crippen LogP contribution in [0.3, 0.4) is 0 Å². The molecule has 2 aromatic rings. The van der Waals surface area contributed by atoms with Crippen molar-refractivity contribution < 1.29 is 4.74 Å². The largest absolute Gasteiger partial charge is 0.495 e. The highest BCUT2D eigenvalue weighted by molar-refractivity contribution is 9.13. The van der Waals surface area contributed by atoms with Crippen LogP contribution in [0.15, 0.2) is 26.5 Å². The topological polar surface area (TPSA) is 9.23 Å². The number of hydrogen-bond donors (Lipinski definition) is 0. The van der Waals surface area contributed by atoms with E-state index in [0.29, 0.717) is 0 Å². The van der Waals surface area contributed by atoms with E-state index in [1.54, 1.807) is 18.4 Å². The zero-order valence-electron chi connectivity index (χ0n) is 6.80. The van der Waals surface area contributed by atoms with E-state index in [1.807, 2.05) is 11.4 Å². The highest BCUT2D eigenvalue weighted by Crippen LogP contribution is 2.40. The van der Waals surface area contributed by atoms with Crippen LogP contribution >= 0.6 is 43.2 Å². The van der Waals surface area contributed by atoms with E-state index in [-0.39, 0.29) is 0 Å². The number of ether oxygens (including phenoxy) is 1. The molecule has 2 rings (SSSR count). The SMILES string of the molecule is COc1csc2c(Br)c(Br)ccc12. The van der Waals surface area contributed by atoms with Gasteiger partial charge in [0.2, 0.25) is 0 Å². The predicted molar refractivity (Wildman–Crippen MR) is 63.8 cm³/mol. The van der Waals surface area contributed by atoms with Gasteiger partial charge in [-0.05, 0) is 44.0 Å². The summed E-state index contributed by atoms with van der Waals surface area (Å²) in [7, 11) is 1.69. The summed E-state index contributed by atoms with van der Waals surface area (Å²) >= 11 is 8.68. The summed E-state index contributed by atoms with van der Waals surface area (Å²) < 4.78 is 8.62. The second-order valence-electron chi connectivity index (χ2n) is 2.54. The second kappa shape index (κ2) is 3.59. The van der Waals surface area contributed by atoms with E-state index in [0.717, 1.165) is 20.1 Å². The van der Waals surface area contributed by atoms with Crippen molar-refractivity contribution in [3.63, 3.8) is 0 Å². The van der Waals surface area contributed by atoms with Gasteiger partial charge in [0.05, 0.1) is 11.8 Å². The van der Waals surface area contributed by atoms with Crippen LogP contribution in [0.25, 0.3) is 10.1 Å². The molecule has 0 unspecified atom stereocenters. The molecule has 0 bridgehead atoms. The van der Waals surface area contributed by atoms with Crippen molar-refractivity contribution in [3.05, 3.63) is 26.5 Å². The number of rotatable bonds is 1. The summed E-state index contributed by atoms with van der Waals surface area (Å²) in [5.41, 5.74) is 0. The Morgan fingerprint density at radius 1 is 1.31 bits per heavy atom. The minimum Gasteiger partial charge on any atom is -0.495 e. The van der Waals surface area contributed by atoms with Crippen LogP contribution in [0, 0.1) is 0 Å². The Hall–Kier alpha value is -0.0600. The lowest BCUT2D eigenvalue weighted by Crippen LogP contribution is -1.79. The molecule has 0 atom stereocenters. The predicted octanol–water partition coefficient (Wildman–Crippen LogP) is 4.43. The molecule has 0 aliphatic heterocycles. The summed E-state index contributed by atoms with van der Waals surface area (Å²) in [6, 6.07) is 4.07. The number of thiophene rings is 1. The zero-order valence-corrected chi connectivity index (χ0v) is 10.8. The van der Waals surface area contributed by atoms with Gasteiger partial charge in [-0.3, -0.25) is 0 Å². The molecule has 0 aliphatic rings. The van der Waals surface area contributed by atoms with E-state index in [4.69, 9.17) is 4.74 Å². The number of fused-ring (bicyclic) bond motifs is 1. The van der Waals surface area contributed by atoms with E-state index in [2.05, 4.69) is 37.9 Å². The zero-order chi connectivity index (χ0) is 9.42. The highest BCUT2D eigenvalue weighted by Gasteiger charge is 2.08. The number of hydrogen-bond acceptors (Lipinski definition) is 2. The lowest BCUT2D eigenvalue weighted by atomic mass is 10.2. The summed E-state index contributed by atoms with van der Waals surface area (Å²) in [5.74, 6) is 0.938. The third-order valence-corrected chi connectivity index (χ3v) is 5.09. The third kappa shape index (κ3) is 1.51. The van der Waals surface area contributed by atoms with Crippen LogP contribution in [-0.2, 0) is 0 Å². The Morgan fingerprint density at radius 2 is 2.08 bits per heavy atom. The molecule has 13 heavy (non-hydrogen) atoms. The van der Waals surface area contributed by atoms with E-state index in [1.165, 1.54) is 4.70 Å². The van der Waals surface area contributed by atoms with Crippen molar-refractivity contribution in [3.8, 4) is 5.75 Å². The highest BCUT2D eigenvalue weighted by atomic mass is 79.9. The quantitative estimate of drug-likeness (QED) is 0.754. The number of methoxy groups -OCH3 is 1. The summed E-state index contributed by atoms with van der Waals surface area (Å²) in [6.07, 6.45) is 0. The molecule has 1 aromatic carbocycles. The first-order valence-electron chi connectivity index (χ1n) is 3.63. The average molecular weight is 322 g/mol. The first kappa shape index (κ1) is 9.49. The standard InChI is InChI=1S/C9H6Br2OS/c1-12-7-4-13-9-5(7)2-3-6(10)8(9)11/h2-4H,1H3. The normalized spacial score (nSPS) is 10.7. The first-order valence-corrected chi connectivity index (χ1v) is 6.10. The van der Waals surface area contributed by atoms with E-state index < -0.39 is 0 Å². The van der Waals surface area contributed by atoms with Crippen molar-refractivity contribution in [2.24, 2.45) is 0 Å². The molecule has 0 saturated carbocycles. The summed E-state index contributed by atoms with van der Waals surface area (Å²) in [4.78, 5) is 0. The molecule has 0 saturated heterocycles. The van der Waals surface area contributed by atoms with Crippen molar-refractivity contribution >= 4 is 53.3 Å². The van der Waals surface area contributed by atoms with Crippen molar-refractivity contribution in [2.45, 2.75) is 0 Å². The minimum absolute atomic E-state index is 0.938. The second-order valence-corrected chi connectivity index (χ2v) is 5.07. The molecule has 0 fully saturated rings. The lowest BCUT2D eigenvalue weighted by molar-refractivity contribution is 0.421. The summed E-state index contributed by atoms with van der Waals surface area (Å²) in [5, 5.41) is 3.17. The Bertz CT molecular complexity index is 450. The number of halogens is 2. The molecule has 0 spiro atoms. The van der Waals surface area contributed by atoms with Gasteiger partial charge in [-0.1, -0.05) is 0 Å². The Balaban J connectivity index is 2.81. The number of benzene rings is 1. The van der Waals surface area contributed by atoms with Crippen LogP contribution in [-0.4, -0.2) is 7.11 Å². The van der Waals surface area contributed by atoms with Gasteiger partial charge >= 0.3 is 0 Å². The van der Waals surface area contributed by atoms with Crippen LogP contribution in [0.5, 0.6) is 5.75 Å². The van der Waals surface area contributed by atoms with Gasteiger partial charge in [0.15, 0.2) is 0 Å². The van der Waals surface area contributed by atoms with Crippen molar-refractivity contribution in [1.82, 2.24) is 0 Å². The smallest absolute Gasteiger partial charge is 0.137 e. The van der Waals surface area contributed by atoms with Gasteiger partial charge in [0.1, 0.15) is 5.75 Å². The Kier molecular flexibility index (Phi) is 2.62. The summed E-state index contributed by atoms with van der Waals surface area (Å²) in [6.45, 7) is 0. The molecule has 0 aliphatic carbocycles. The van der Waals surface area contributed by atoms with Crippen LogP contribution in [0.2, 0.25) is 0 Å². The molecule has 0 amide bonds. The van der Waals surface area contributed by atoms with Crippen LogP contribution in [0.4, 0.5) is 0 Å². The third-order valence-electron chi connectivity index (χ3n) is 1.82. The van der Waals surface area contributed by atoms with Crippen LogP contribution < -0.4 is 4.74 Å². The Labute approximate surface area is 97.0 Å². The van der Waals surface area contributed by atoms with Gasteiger partial charge < -0.3 is 4.74 Å². The fourth-order valence-corrected chi connectivity index (χ4v) is 3.22. The monoisotopic (exact) mass is 320 g/mol. The molecular formula is C9H6Br2OS. The maximum Gasteiger partial charge on any atom is 0.137 e. The van der Waals surface area contributed by atoms with Gasteiger partial charge in [0.25, 0.3) is 0 Å². The Morgan fingerprint density at radius 3 is 2.77 bits per heavy atom. The van der Waals surface area contributed by atoms with E-state index in [9.17, 15) is 0 Å². The minimum atomic E-state index is 0.938. The van der Waals surface area contributed by atoms with Gasteiger partial charge in [-0.15, -0.1) is 11.3 Å². The first-order chi connectivity index (χ1) is 6.24. The molecule has 1 aromatic heterocycles. The molecule has 0 radical (unpaired) electrons. The van der Waals surface area contributed by atoms with Gasteiger partial charge in [-0.2, -0.15) is 0 Å². The fourth-order valence-electron chi connectivity index (χ4n) is 1.18. The maximum absolute atomic E-state index is 5.24. The molecule has 1 heterocycles. The average Bonchev–Trinajstić information content (AvgIpc) is 2.55. The van der Waals surface area contributed by atoms with Crippen LogP contribution in [0.1, 0.15) is 0 Å². The van der Waals surface area contributed by atoms with Crippen molar-refractivity contribution in [1.29, 1.82) is 0 Å². The molecular weight excluding hydrogens is 316 g/mol. The van der Waals surface area contributed by atoms with Crippen molar-refractivity contribution in [2.75, 3.05) is 7.11 Å². The molecule has 1 nitrogen and oxygen atoms in total. The molecule has 0 N–H and O–H groups in total. The van der Waals surface area contributed by atoms with Gasteiger partial charge in [0, 0.05) is 19.7 Å². The maximum atomic E-state index is 5.24. The lowest BCUT2D eigenvalue weighted by Gasteiger charge is -1.99. The van der Waals surface area contributed by atoms with Gasteiger partial charge in [-0.25, -0.2) is 0 Å². The van der Waals surface area contributed by atoms with E-state index >= 15 is 0 Å².